The molecular weight excluding hydrogens is 211 g/mol. The van der Waals surface area contributed by atoms with Gasteiger partial charge in [0.2, 0.25) is 0 Å². The maximum atomic E-state index is 12.1. The Morgan fingerprint density at radius 3 is 2.20 bits per heavy atom. The van der Waals surface area contributed by atoms with E-state index in [0.29, 0.717) is 13.1 Å². The van der Waals surface area contributed by atoms with E-state index in [2.05, 4.69) is 0 Å². The number of nitrogens with zero attached hydrogens (tertiary/aromatic N) is 1. The van der Waals surface area contributed by atoms with Crippen LogP contribution in [0.15, 0.2) is 0 Å². The van der Waals surface area contributed by atoms with Gasteiger partial charge in [-0.1, -0.05) is 0 Å². The predicted molar refractivity (Wildman–Crippen MR) is 48.5 cm³/mol. The van der Waals surface area contributed by atoms with Crippen LogP contribution in [0, 0.1) is 0 Å². The van der Waals surface area contributed by atoms with E-state index in [-0.39, 0.29) is 18.8 Å². The monoisotopic (exact) mass is 227 g/mol. The van der Waals surface area contributed by atoms with Gasteiger partial charge in [0, 0.05) is 19.6 Å². The third-order valence-corrected chi connectivity index (χ3v) is 2.30. The van der Waals surface area contributed by atoms with Crippen LogP contribution in [-0.2, 0) is 4.74 Å². The van der Waals surface area contributed by atoms with Crippen molar-refractivity contribution in [2.24, 2.45) is 0 Å². The molecular formula is C9H16F3NO2. The maximum absolute atomic E-state index is 12.1. The van der Waals surface area contributed by atoms with Gasteiger partial charge < -0.3 is 9.84 Å². The number of rotatable bonds is 2. The fourth-order valence-corrected chi connectivity index (χ4v) is 1.78. The largest absolute Gasteiger partial charge is 0.415 e. The molecule has 0 aromatic rings. The number of hydrogen-bond acceptors (Lipinski definition) is 3. The first-order valence-corrected chi connectivity index (χ1v) is 4.91. The van der Waals surface area contributed by atoms with E-state index in [1.807, 2.05) is 13.8 Å². The van der Waals surface area contributed by atoms with Crippen molar-refractivity contribution in [3.05, 3.63) is 0 Å². The van der Waals surface area contributed by atoms with Crippen LogP contribution in [0.25, 0.3) is 0 Å². The third-order valence-electron chi connectivity index (χ3n) is 2.30. The van der Waals surface area contributed by atoms with E-state index in [0.717, 1.165) is 0 Å². The summed E-state index contributed by atoms with van der Waals surface area (Å²) in [5, 5.41) is 8.90. The van der Waals surface area contributed by atoms with E-state index in [1.165, 1.54) is 0 Å². The summed E-state index contributed by atoms with van der Waals surface area (Å²) in [4.78, 5) is 1.58. The number of hydrogen-bond donors (Lipinski definition) is 1. The highest BCUT2D eigenvalue weighted by atomic mass is 19.4. The minimum atomic E-state index is -4.54. The van der Waals surface area contributed by atoms with Gasteiger partial charge in [-0.25, -0.2) is 0 Å². The molecule has 1 saturated heterocycles. The van der Waals surface area contributed by atoms with Gasteiger partial charge >= 0.3 is 6.18 Å². The van der Waals surface area contributed by atoms with Crippen LogP contribution in [-0.4, -0.2) is 54.1 Å². The highest BCUT2D eigenvalue weighted by Gasteiger charge is 2.40. The number of aliphatic hydroxyl groups excluding tert-OH is 1. The van der Waals surface area contributed by atoms with Gasteiger partial charge in [0.1, 0.15) is 0 Å². The summed E-state index contributed by atoms with van der Waals surface area (Å²) in [6.07, 6.45) is -6.98. The Bertz CT molecular complexity index is 200. The highest BCUT2D eigenvalue weighted by Crippen LogP contribution is 2.22. The molecule has 0 spiro atoms. The normalized spacial score (nSPS) is 31.6. The van der Waals surface area contributed by atoms with Crippen molar-refractivity contribution >= 4 is 0 Å². The van der Waals surface area contributed by atoms with E-state index >= 15 is 0 Å². The molecule has 0 aromatic carbocycles. The zero-order valence-corrected chi connectivity index (χ0v) is 8.79. The molecule has 1 heterocycles. The Morgan fingerprint density at radius 2 is 1.80 bits per heavy atom. The van der Waals surface area contributed by atoms with E-state index < -0.39 is 12.3 Å². The van der Waals surface area contributed by atoms with Crippen molar-refractivity contribution in [1.82, 2.24) is 4.90 Å². The summed E-state index contributed by atoms with van der Waals surface area (Å²) in [6, 6.07) is 0. The molecule has 1 rings (SSSR count). The second kappa shape index (κ2) is 4.67. The highest BCUT2D eigenvalue weighted by molar-refractivity contribution is 4.77. The van der Waals surface area contributed by atoms with E-state index in [4.69, 9.17) is 9.84 Å². The van der Waals surface area contributed by atoms with Crippen molar-refractivity contribution in [1.29, 1.82) is 0 Å². The molecule has 0 bridgehead atoms. The molecule has 90 valence electrons. The third kappa shape index (κ3) is 3.96. The topological polar surface area (TPSA) is 32.7 Å². The molecule has 1 aliphatic heterocycles. The lowest BCUT2D eigenvalue weighted by molar-refractivity contribution is -0.212. The molecule has 0 aromatic heterocycles. The lowest BCUT2D eigenvalue weighted by atomic mass is 10.2. The Kier molecular flexibility index (Phi) is 3.97. The van der Waals surface area contributed by atoms with Crippen LogP contribution in [0.3, 0.4) is 0 Å². The van der Waals surface area contributed by atoms with Crippen molar-refractivity contribution < 1.29 is 23.0 Å². The smallest absolute Gasteiger partial charge is 0.382 e. The Morgan fingerprint density at radius 1 is 1.33 bits per heavy atom. The molecule has 1 N–H and O–H groups in total. The summed E-state index contributed by atoms with van der Waals surface area (Å²) in [5.41, 5.74) is 0. The Hall–Kier alpha value is -0.330. The van der Waals surface area contributed by atoms with Crippen LogP contribution in [0.1, 0.15) is 13.8 Å². The SMILES string of the molecule is C[C@@H]1CN(CC(O)C(F)(F)F)C[C@H](C)O1. The average Bonchev–Trinajstić information content (AvgIpc) is 1.99. The van der Waals surface area contributed by atoms with Gasteiger partial charge in [0.25, 0.3) is 0 Å². The van der Waals surface area contributed by atoms with Crippen molar-refractivity contribution in [3.8, 4) is 0 Å². The van der Waals surface area contributed by atoms with Crippen molar-refractivity contribution in [2.75, 3.05) is 19.6 Å². The molecule has 1 aliphatic rings. The lowest BCUT2D eigenvalue weighted by Crippen LogP contribution is -2.50. The molecule has 0 amide bonds. The minimum Gasteiger partial charge on any atom is -0.382 e. The first kappa shape index (κ1) is 12.7. The fourth-order valence-electron chi connectivity index (χ4n) is 1.78. The minimum absolute atomic E-state index is 0.0887. The quantitative estimate of drug-likeness (QED) is 0.764. The van der Waals surface area contributed by atoms with Crippen LogP contribution in [0.5, 0.6) is 0 Å². The summed E-state index contributed by atoms with van der Waals surface area (Å²) in [7, 11) is 0. The van der Waals surface area contributed by atoms with Crippen LogP contribution in [0.4, 0.5) is 13.2 Å². The average molecular weight is 227 g/mol. The Balaban J connectivity index is 2.44. The van der Waals surface area contributed by atoms with Gasteiger partial charge in [-0.2, -0.15) is 13.2 Å². The predicted octanol–water partition coefficient (Wildman–Crippen LogP) is 1.02. The van der Waals surface area contributed by atoms with Crippen molar-refractivity contribution in [3.63, 3.8) is 0 Å². The van der Waals surface area contributed by atoms with Gasteiger partial charge in [-0.05, 0) is 13.8 Å². The number of aliphatic hydroxyl groups is 1. The molecule has 0 radical (unpaired) electrons. The molecule has 1 unspecified atom stereocenters. The number of β-amino-alcohol motifs (C(OH)–C–C–N with tert-alkyl or cyclic N) is 1. The molecule has 6 heteroatoms. The molecule has 0 saturated carbocycles. The second-order valence-electron chi connectivity index (χ2n) is 4.03. The summed E-state index contributed by atoms with van der Waals surface area (Å²) >= 11 is 0. The number of ether oxygens (including phenoxy) is 1. The first-order chi connectivity index (χ1) is 6.79. The van der Waals surface area contributed by atoms with Gasteiger partial charge in [-0.3, -0.25) is 4.90 Å². The summed E-state index contributed by atoms with van der Waals surface area (Å²) in [5.74, 6) is 0. The summed E-state index contributed by atoms with van der Waals surface area (Å²) in [6.45, 7) is 4.10. The lowest BCUT2D eigenvalue weighted by Gasteiger charge is -2.36. The maximum Gasteiger partial charge on any atom is 0.415 e. The van der Waals surface area contributed by atoms with Gasteiger partial charge in [-0.15, -0.1) is 0 Å². The van der Waals surface area contributed by atoms with E-state index in [9.17, 15) is 13.2 Å². The standard InChI is InChI=1S/C9H16F3NO2/c1-6-3-13(4-7(2)15-6)5-8(14)9(10,11)12/h6-8,14H,3-5H2,1-2H3/t6-,7+,8?. The number of morpholine rings is 1. The molecule has 0 aliphatic carbocycles. The molecule has 3 atom stereocenters. The van der Waals surface area contributed by atoms with E-state index in [1.54, 1.807) is 4.90 Å². The zero-order chi connectivity index (χ0) is 11.6. The second-order valence-corrected chi connectivity index (χ2v) is 4.03. The van der Waals surface area contributed by atoms with Gasteiger partial charge in [0.05, 0.1) is 12.2 Å². The fraction of sp³-hybridized carbons (Fsp3) is 1.00. The zero-order valence-electron chi connectivity index (χ0n) is 8.79. The molecule has 15 heavy (non-hydrogen) atoms. The van der Waals surface area contributed by atoms with Crippen molar-refractivity contribution in [2.45, 2.75) is 38.3 Å². The Labute approximate surface area is 86.8 Å². The molecule has 1 fully saturated rings. The van der Waals surface area contributed by atoms with Gasteiger partial charge in [0.15, 0.2) is 6.10 Å². The first-order valence-electron chi connectivity index (χ1n) is 4.91. The number of halogens is 3. The van der Waals surface area contributed by atoms with Crippen LogP contribution >= 0.6 is 0 Å². The molecule has 3 nitrogen and oxygen atoms in total. The summed E-state index contributed by atoms with van der Waals surface area (Å²) < 4.78 is 41.7. The number of alkyl halides is 3. The van der Waals surface area contributed by atoms with Crippen LogP contribution < -0.4 is 0 Å². The van der Waals surface area contributed by atoms with Crippen LogP contribution in [0.2, 0.25) is 0 Å².